The molecule has 0 radical (unpaired) electrons. The summed E-state index contributed by atoms with van der Waals surface area (Å²) >= 11 is 0. The second-order valence-electron chi connectivity index (χ2n) is 3.36. The van der Waals surface area contributed by atoms with E-state index in [0.29, 0.717) is 0 Å². The van der Waals surface area contributed by atoms with Crippen LogP contribution in [0.15, 0.2) is 0 Å². The van der Waals surface area contributed by atoms with Crippen molar-refractivity contribution in [2.24, 2.45) is 0 Å². The molecule has 0 aliphatic carbocycles. The first kappa shape index (κ1) is 4.85. The summed E-state index contributed by atoms with van der Waals surface area (Å²) in [6.07, 6.45) is -3.86. The second-order valence-corrected chi connectivity index (χ2v) is 3.36. The summed E-state index contributed by atoms with van der Waals surface area (Å²) in [6.45, 7) is -0.223. The van der Waals surface area contributed by atoms with Crippen molar-refractivity contribution >= 4 is 7.85 Å². The molecule has 1 aliphatic heterocycles. The van der Waals surface area contributed by atoms with Crippen LogP contribution in [0.5, 0.6) is 0 Å². The van der Waals surface area contributed by atoms with Gasteiger partial charge in [0.25, 0.3) is 0 Å². The summed E-state index contributed by atoms with van der Waals surface area (Å²) in [6, 6.07) is 0. The third-order valence-electron chi connectivity index (χ3n) is 1.72. The molecule has 1 fully saturated rings. The lowest BCUT2D eigenvalue weighted by Gasteiger charge is -2.26. The molecule has 4 heteroatoms. The number of ether oxygens (including phenoxy) is 1. The van der Waals surface area contributed by atoms with E-state index in [-0.39, 0.29) is 0 Å². The van der Waals surface area contributed by atoms with Crippen LogP contribution in [-0.4, -0.2) is 41.8 Å². The Morgan fingerprint density at radius 1 is 2.00 bits per heavy atom. The van der Waals surface area contributed by atoms with Crippen molar-refractivity contribution in [2.75, 3.05) is 6.56 Å². The lowest BCUT2D eigenvalue weighted by Crippen LogP contribution is -2.38. The van der Waals surface area contributed by atoms with Crippen LogP contribution >= 0.6 is 0 Å². The predicted octanol–water partition coefficient (Wildman–Crippen LogP) is -1.13. The van der Waals surface area contributed by atoms with Crippen molar-refractivity contribution in [2.45, 2.75) is 37.4 Å². The van der Waals surface area contributed by atoms with E-state index < -0.39 is 30.1 Å². The molecule has 0 amide bonds. The molecular formula is C7H15BO3. The average Bonchev–Trinajstić information content (AvgIpc) is 2.09. The summed E-state index contributed by atoms with van der Waals surface area (Å²) in [5.74, 6) is 0. The maximum atomic E-state index is 9.77. The Hall–Kier alpha value is -0.0551. The van der Waals surface area contributed by atoms with Gasteiger partial charge < -0.3 is 14.9 Å². The van der Waals surface area contributed by atoms with Crippen molar-refractivity contribution in [3.63, 3.8) is 0 Å². The van der Waals surface area contributed by atoms with Gasteiger partial charge in [-0.1, -0.05) is 0 Å². The first-order chi connectivity index (χ1) is 6.36. The highest BCUT2D eigenvalue weighted by Crippen LogP contribution is 2.35. The molecule has 0 aromatic rings. The van der Waals surface area contributed by atoms with E-state index >= 15 is 0 Å². The molecule has 64 valence electrons. The van der Waals surface area contributed by atoms with Gasteiger partial charge in [-0.15, -0.1) is 0 Å². The lowest BCUT2D eigenvalue weighted by molar-refractivity contribution is -0.0819. The Kier molecular flexibility index (Phi) is 1.09. The van der Waals surface area contributed by atoms with Crippen molar-refractivity contribution < 1.29 is 20.4 Å². The van der Waals surface area contributed by atoms with Gasteiger partial charge in [0, 0.05) is 7.77 Å². The van der Waals surface area contributed by atoms with Gasteiger partial charge in [0.2, 0.25) is 0 Å². The topological polar surface area (TPSA) is 49.7 Å². The zero-order valence-electron chi connectivity index (χ0n) is 10.9. The van der Waals surface area contributed by atoms with Crippen LogP contribution in [0.2, 0.25) is 0 Å². The molecule has 11 heavy (non-hydrogen) atoms. The SMILES string of the molecule is [2H]C1[C@@](C)(C([2H])([2H])O)O[C@](B)(C)[C@@]1([2H])O. The standard InChI is InChI=1S/C7H15BO3/c1-6(4-9)3-5(10)7(2,8)11-6/h5,9-10H,3-4,8H2,1-2H3/t5-,6-,7+/m0/s1/i3D,4D2,5D/t3?,5-,6-,7+. The Balaban J connectivity index is 3.21. The number of hydrogen-bond acceptors (Lipinski definition) is 3. The summed E-state index contributed by atoms with van der Waals surface area (Å²) in [5.41, 5.74) is -3.34. The minimum Gasteiger partial charge on any atom is -0.393 e. The van der Waals surface area contributed by atoms with Crippen LogP contribution in [0, 0.1) is 0 Å². The molecular weight excluding hydrogens is 143 g/mol. The van der Waals surface area contributed by atoms with Gasteiger partial charge in [-0.05, 0) is 13.8 Å². The van der Waals surface area contributed by atoms with Crippen LogP contribution in [0.3, 0.4) is 0 Å². The van der Waals surface area contributed by atoms with Crippen LogP contribution in [-0.2, 0) is 4.74 Å². The molecule has 0 aromatic carbocycles. The third-order valence-corrected chi connectivity index (χ3v) is 1.72. The van der Waals surface area contributed by atoms with Gasteiger partial charge in [-0.25, -0.2) is 0 Å². The first-order valence-corrected chi connectivity index (χ1v) is 3.43. The molecule has 2 N–H and O–H groups in total. The van der Waals surface area contributed by atoms with Crippen molar-refractivity contribution in [1.29, 1.82) is 0 Å². The van der Waals surface area contributed by atoms with Gasteiger partial charge in [-0.2, -0.15) is 0 Å². The molecule has 1 aliphatic rings. The van der Waals surface area contributed by atoms with Gasteiger partial charge in [0.15, 0.2) is 0 Å². The predicted molar refractivity (Wildman–Crippen MR) is 44.1 cm³/mol. The fraction of sp³-hybridized carbons (Fsp3) is 1.00. The van der Waals surface area contributed by atoms with E-state index in [1.54, 1.807) is 0 Å². The maximum absolute atomic E-state index is 9.77. The summed E-state index contributed by atoms with van der Waals surface area (Å²) in [5, 5.41) is 19.1. The molecule has 0 aromatic heterocycles. The summed E-state index contributed by atoms with van der Waals surface area (Å²) in [4.78, 5) is 0. The summed E-state index contributed by atoms with van der Waals surface area (Å²) in [7, 11) is 1.39. The van der Waals surface area contributed by atoms with E-state index in [1.807, 2.05) is 0 Å². The zero-order valence-corrected chi connectivity index (χ0v) is 6.88. The Bertz CT molecular complexity index is 278. The summed E-state index contributed by atoms with van der Waals surface area (Å²) < 4.78 is 34.8. The van der Waals surface area contributed by atoms with Crippen LogP contribution in [0.25, 0.3) is 0 Å². The quantitative estimate of drug-likeness (QED) is 0.479. The lowest BCUT2D eigenvalue weighted by atomic mass is 9.79. The molecule has 0 spiro atoms. The molecule has 4 atom stereocenters. The highest BCUT2D eigenvalue weighted by Gasteiger charge is 2.46. The van der Waals surface area contributed by atoms with Gasteiger partial charge in [-0.3, -0.25) is 0 Å². The fourth-order valence-electron chi connectivity index (χ4n) is 1.10. The zero-order chi connectivity index (χ0) is 12.3. The number of rotatable bonds is 1. The number of aliphatic hydroxyl groups is 2. The maximum Gasteiger partial charge on any atom is 0.146 e. The van der Waals surface area contributed by atoms with E-state index in [0.717, 1.165) is 0 Å². The van der Waals surface area contributed by atoms with Crippen molar-refractivity contribution in [1.82, 2.24) is 0 Å². The third kappa shape index (κ3) is 1.58. The van der Waals surface area contributed by atoms with E-state index in [4.69, 9.17) is 10.2 Å². The number of hydrogen-bond donors (Lipinski definition) is 2. The molecule has 1 rings (SSSR count). The molecule has 0 saturated carbocycles. The van der Waals surface area contributed by atoms with E-state index in [2.05, 4.69) is 0 Å². The highest BCUT2D eigenvalue weighted by molar-refractivity contribution is 6.14. The minimum atomic E-state index is -2.79. The second kappa shape index (κ2) is 2.47. The Morgan fingerprint density at radius 2 is 2.55 bits per heavy atom. The minimum absolute atomic E-state index is 1.18. The van der Waals surface area contributed by atoms with Crippen molar-refractivity contribution in [3.05, 3.63) is 0 Å². The smallest absolute Gasteiger partial charge is 0.146 e. The average molecular weight is 162 g/mol. The van der Waals surface area contributed by atoms with Crippen LogP contribution in [0.1, 0.15) is 25.7 Å². The molecule has 0 bridgehead atoms. The largest absolute Gasteiger partial charge is 0.393 e. The van der Waals surface area contributed by atoms with Crippen LogP contribution in [0.4, 0.5) is 0 Å². The molecule has 3 nitrogen and oxygen atoms in total. The fourth-order valence-corrected chi connectivity index (χ4v) is 1.10. The van der Waals surface area contributed by atoms with E-state index in [1.165, 1.54) is 21.7 Å². The van der Waals surface area contributed by atoms with E-state index in [9.17, 15) is 10.2 Å². The molecule has 1 saturated heterocycles. The normalized spacial score (nSPS) is 71.5. The first-order valence-electron chi connectivity index (χ1n) is 5.51. The van der Waals surface area contributed by atoms with Crippen molar-refractivity contribution in [3.8, 4) is 0 Å². The van der Waals surface area contributed by atoms with Crippen LogP contribution < -0.4 is 0 Å². The highest BCUT2D eigenvalue weighted by atomic mass is 16.6. The molecule has 1 heterocycles. The van der Waals surface area contributed by atoms with Gasteiger partial charge >= 0.3 is 0 Å². The van der Waals surface area contributed by atoms with Gasteiger partial charge in [0.1, 0.15) is 7.85 Å². The monoisotopic (exact) mass is 162 g/mol. The molecule has 1 unspecified atom stereocenters. The van der Waals surface area contributed by atoms with Gasteiger partial charge in [0.05, 0.1) is 27.9 Å². The Morgan fingerprint density at radius 3 is 2.73 bits per heavy atom. The Labute approximate surface area is 73.4 Å².